The number of rotatable bonds is 17. The van der Waals surface area contributed by atoms with Crippen LogP contribution in [0.5, 0.6) is 0 Å². The quantitative estimate of drug-likeness (QED) is 0.0911. The van der Waals surface area contributed by atoms with E-state index in [0.29, 0.717) is 0 Å². The summed E-state index contributed by atoms with van der Waals surface area (Å²) in [7, 11) is 0. The SMILES string of the molecule is c1ccc(-c2ccc(-c3ccc(N(c4cccc(-c5ccccc5-n5c6ccccc6c6ccccc65)c4)c4ccccc4-c4cccc5c4oc4c(-c6cccc(-c7cccc(-c8cccc(N(c9cccc(-c%10ccccc%10-n%10c%11ccccc%11c%11ccccc%11%10)c9)c9ccccc9-c9cccc%10c9oc9ccccc9%10)c8)c7)c6)cccc45)cc3)cc2)cc1. The fraction of sp³-hybridized carbons (Fsp3) is 0. The van der Waals surface area contributed by atoms with Gasteiger partial charge in [-0.05, 0) is 176 Å². The van der Waals surface area contributed by atoms with Crippen molar-refractivity contribution in [1.82, 2.24) is 9.13 Å². The van der Waals surface area contributed by atoms with Gasteiger partial charge in [0.05, 0.1) is 44.8 Å². The highest BCUT2D eigenvalue weighted by atomic mass is 16.3. The Morgan fingerprint density at radius 1 is 0.159 bits per heavy atom. The van der Waals surface area contributed by atoms with Crippen LogP contribution in [0.2, 0.25) is 0 Å². The summed E-state index contributed by atoms with van der Waals surface area (Å²) in [6.45, 7) is 0. The van der Waals surface area contributed by atoms with Crippen molar-refractivity contribution in [2.45, 2.75) is 0 Å². The molecule has 126 heavy (non-hydrogen) atoms. The molecule has 0 saturated carbocycles. The molecule has 4 heterocycles. The van der Waals surface area contributed by atoms with Gasteiger partial charge in [0.15, 0.2) is 0 Å². The van der Waals surface area contributed by atoms with Crippen LogP contribution in [-0.4, -0.2) is 9.13 Å². The Labute approximate surface area is 729 Å². The highest BCUT2D eigenvalue weighted by molar-refractivity contribution is 6.16. The minimum atomic E-state index is 0.820. The van der Waals surface area contributed by atoms with Crippen molar-refractivity contribution in [3.05, 3.63) is 473 Å². The zero-order chi connectivity index (χ0) is 83.1. The predicted octanol–water partition coefficient (Wildman–Crippen LogP) is 33.6. The molecular formula is C120H78N4O2. The monoisotopic (exact) mass is 1610 g/mol. The maximum Gasteiger partial charge on any atom is 0.143 e. The van der Waals surface area contributed by atoms with Gasteiger partial charge in [-0.3, -0.25) is 0 Å². The van der Waals surface area contributed by atoms with Crippen LogP contribution in [0.15, 0.2) is 482 Å². The van der Waals surface area contributed by atoms with Crippen molar-refractivity contribution in [3.8, 4) is 112 Å². The van der Waals surface area contributed by atoms with Crippen molar-refractivity contribution in [3.63, 3.8) is 0 Å². The number of hydrogen-bond acceptors (Lipinski definition) is 4. The van der Waals surface area contributed by atoms with E-state index in [1.54, 1.807) is 0 Å². The first kappa shape index (κ1) is 73.1. The van der Waals surface area contributed by atoms with E-state index in [1.165, 1.54) is 54.7 Å². The summed E-state index contributed by atoms with van der Waals surface area (Å²) in [6.07, 6.45) is 0. The van der Waals surface area contributed by atoms with Crippen molar-refractivity contribution >= 4 is 122 Å². The second-order valence-corrected chi connectivity index (χ2v) is 32.5. The van der Waals surface area contributed by atoms with E-state index in [2.05, 4.69) is 486 Å². The molecule has 0 spiro atoms. The molecule has 590 valence electrons. The molecule has 6 heteroatoms. The van der Waals surface area contributed by atoms with Crippen molar-refractivity contribution in [1.29, 1.82) is 0 Å². The minimum absolute atomic E-state index is 0.820. The van der Waals surface area contributed by atoms with Crippen LogP contribution in [0.25, 0.3) is 199 Å². The maximum atomic E-state index is 7.49. The first-order chi connectivity index (χ1) is 62.5. The van der Waals surface area contributed by atoms with Gasteiger partial charge in [-0.2, -0.15) is 0 Å². The molecule has 0 aliphatic carbocycles. The third-order valence-corrected chi connectivity index (χ3v) is 25.3. The minimum Gasteiger partial charge on any atom is -0.455 e. The summed E-state index contributed by atoms with van der Waals surface area (Å²) in [5.41, 5.74) is 36.0. The summed E-state index contributed by atoms with van der Waals surface area (Å²) in [5, 5.41) is 9.16. The van der Waals surface area contributed by atoms with Gasteiger partial charge in [-0.15, -0.1) is 0 Å². The van der Waals surface area contributed by atoms with Gasteiger partial charge in [-0.25, -0.2) is 0 Å². The van der Waals surface area contributed by atoms with E-state index < -0.39 is 0 Å². The van der Waals surface area contributed by atoms with Crippen molar-refractivity contribution < 1.29 is 8.83 Å². The molecule has 0 aliphatic rings. The zero-order valence-corrected chi connectivity index (χ0v) is 68.6. The lowest BCUT2D eigenvalue weighted by molar-refractivity contribution is 0.670. The normalized spacial score (nSPS) is 11.7. The Bertz CT molecular complexity index is 8260. The number of fused-ring (bicyclic) bond motifs is 12. The van der Waals surface area contributed by atoms with Crippen LogP contribution in [0.1, 0.15) is 0 Å². The third kappa shape index (κ3) is 12.6. The number of para-hydroxylation sites is 12. The summed E-state index contributed by atoms with van der Waals surface area (Å²) in [5.74, 6) is 0. The van der Waals surface area contributed by atoms with Crippen LogP contribution < -0.4 is 9.80 Å². The first-order valence-electron chi connectivity index (χ1n) is 43.1. The van der Waals surface area contributed by atoms with Gasteiger partial charge in [0.2, 0.25) is 0 Å². The lowest BCUT2D eigenvalue weighted by atomic mass is 9.95. The second kappa shape index (κ2) is 30.7. The Morgan fingerprint density at radius 3 is 0.929 bits per heavy atom. The highest BCUT2D eigenvalue weighted by Crippen LogP contribution is 2.51. The topological polar surface area (TPSA) is 42.6 Å². The molecule has 0 saturated heterocycles. The van der Waals surface area contributed by atoms with Gasteiger partial charge < -0.3 is 27.8 Å². The average molecular weight is 1610 g/mol. The van der Waals surface area contributed by atoms with E-state index >= 15 is 0 Å². The Kier molecular flexibility index (Phi) is 17.8. The van der Waals surface area contributed by atoms with E-state index in [4.69, 9.17) is 8.83 Å². The Morgan fingerprint density at radius 2 is 0.444 bits per heavy atom. The molecule has 0 unspecified atom stereocenters. The summed E-state index contributed by atoms with van der Waals surface area (Å²) in [6, 6.07) is 172. The van der Waals surface area contributed by atoms with Gasteiger partial charge >= 0.3 is 0 Å². The van der Waals surface area contributed by atoms with Crippen LogP contribution in [0, 0.1) is 0 Å². The Hall–Kier alpha value is -16.8. The first-order valence-corrected chi connectivity index (χ1v) is 43.1. The molecule has 0 amide bonds. The second-order valence-electron chi connectivity index (χ2n) is 32.5. The molecular weight excluding hydrogens is 1530 g/mol. The summed E-state index contributed by atoms with van der Waals surface area (Å²) in [4.78, 5) is 4.85. The molecule has 0 radical (unpaired) electrons. The lowest BCUT2D eigenvalue weighted by Gasteiger charge is -2.29. The molecule has 24 aromatic rings. The van der Waals surface area contributed by atoms with Crippen LogP contribution in [0.4, 0.5) is 34.1 Å². The van der Waals surface area contributed by atoms with E-state index in [9.17, 15) is 0 Å². The molecule has 0 bridgehead atoms. The van der Waals surface area contributed by atoms with Gasteiger partial charge in [0.25, 0.3) is 0 Å². The van der Waals surface area contributed by atoms with Crippen molar-refractivity contribution in [2.75, 3.05) is 9.80 Å². The number of aromatic nitrogens is 2. The fourth-order valence-corrected chi connectivity index (χ4v) is 19.5. The van der Waals surface area contributed by atoms with E-state index in [0.717, 1.165) is 178 Å². The largest absolute Gasteiger partial charge is 0.455 e. The zero-order valence-electron chi connectivity index (χ0n) is 68.6. The average Bonchev–Trinajstić information content (AvgIpc) is 1.55. The molecule has 4 aromatic heterocycles. The number of furan rings is 2. The molecule has 6 nitrogen and oxygen atoms in total. The molecule has 0 N–H and O–H groups in total. The summed E-state index contributed by atoms with van der Waals surface area (Å²) < 4.78 is 19.2. The van der Waals surface area contributed by atoms with E-state index in [-0.39, 0.29) is 0 Å². The number of nitrogens with zero attached hydrogens (tertiary/aromatic N) is 4. The van der Waals surface area contributed by atoms with Gasteiger partial charge in [0, 0.05) is 105 Å². The van der Waals surface area contributed by atoms with Crippen LogP contribution >= 0.6 is 0 Å². The standard InChI is InChI=1S/C120H78N4O2/c1-2-30-79(31-3-1)80-66-68-81(69-67-80)82-70-72-90(73-71-82)121(92-40-25-37-88(77-92)94-42-4-13-57-109(94)123-113-61-17-6-44-97(113)98-45-7-18-62-114(98)123)111-59-15-10-49-102(111)105-53-29-56-108-107-55-27-51-96(118(107)126-120(105)108)87-36-23-34-85(75-87)83-32-22-33-84(74-83)86-35-24-39-91(76-86)122(112-60-16-11-48-101(112)104-52-28-54-106-103-50-12-21-65-117(103)125-119(104)106)93-41-26-38-89(78-93)95-43-5-14-58-110(95)124-115-63-19-8-46-99(115)100-47-9-20-64-116(100)124/h1-78H. The molecule has 20 aromatic carbocycles. The molecule has 0 aliphatic heterocycles. The van der Waals surface area contributed by atoms with Crippen LogP contribution in [0.3, 0.4) is 0 Å². The van der Waals surface area contributed by atoms with Gasteiger partial charge in [0.1, 0.15) is 22.3 Å². The highest BCUT2D eigenvalue weighted by Gasteiger charge is 2.27. The third-order valence-electron chi connectivity index (χ3n) is 25.3. The Balaban J connectivity index is 0.595. The van der Waals surface area contributed by atoms with E-state index in [1.807, 2.05) is 6.07 Å². The maximum absolute atomic E-state index is 7.49. The smallest absolute Gasteiger partial charge is 0.143 e. The number of benzene rings is 20. The number of anilines is 6. The molecule has 24 rings (SSSR count). The van der Waals surface area contributed by atoms with Crippen molar-refractivity contribution in [2.24, 2.45) is 0 Å². The lowest BCUT2D eigenvalue weighted by Crippen LogP contribution is -2.11. The van der Waals surface area contributed by atoms with Crippen LogP contribution in [-0.2, 0) is 0 Å². The summed E-state index contributed by atoms with van der Waals surface area (Å²) >= 11 is 0. The molecule has 0 atom stereocenters. The fourth-order valence-electron chi connectivity index (χ4n) is 19.5. The number of hydrogen-bond donors (Lipinski definition) is 0. The predicted molar refractivity (Wildman–Crippen MR) is 528 cm³/mol. The van der Waals surface area contributed by atoms with Gasteiger partial charge in [-0.1, -0.05) is 358 Å². The molecule has 0 fully saturated rings.